The maximum Gasteiger partial charge on any atom is 0.223 e. The molecular weight excluding hydrogens is 252 g/mol. The maximum absolute atomic E-state index is 12.1. The molecule has 0 saturated heterocycles. The third-order valence-electron chi connectivity index (χ3n) is 4.23. The van der Waals surface area contributed by atoms with Crippen LogP contribution in [0.1, 0.15) is 36.5 Å². The van der Waals surface area contributed by atoms with Gasteiger partial charge in [-0.15, -0.1) is 0 Å². The lowest BCUT2D eigenvalue weighted by atomic mass is 9.95. The number of carbonyl (C=O) groups excluding carboxylic acids is 1. The molecule has 0 bridgehead atoms. The number of rotatable bonds is 5. The zero-order valence-corrected chi connectivity index (χ0v) is 12.0. The zero-order valence-electron chi connectivity index (χ0n) is 12.0. The van der Waals surface area contributed by atoms with Gasteiger partial charge in [-0.2, -0.15) is 0 Å². The van der Waals surface area contributed by atoms with Crippen LogP contribution in [0.3, 0.4) is 0 Å². The molecular formula is C16H24N2O2. The number of hydrogen-bond donors (Lipinski definition) is 3. The fourth-order valence-electron chi connectivity index (χ4n) is 2.90. The number of nitrogens with two attached hydrogens (primary N) is 1. The van der Waals surface area contributed by atoms with Crippen LogP contribution in [0.25, 0.3) is 0 Å². The van der Waals surface area contributed by atoms with Gasteiger partial charge in [0.15, 0.2) is 0 Å². The van der Waals surface area contributed by atoms with Crippen molar-refractivity contribution in [2.75, 3.05) is 13.1 Å². The molecule has 20 heavy (non-hydrogen) atoms. The monoisotopic (exact) mass is 276 g/mol. The number of amides is 1. The van der Waals surface area contributed by atoms with E-state index in [0.29, 0.717) is 12.5 Å². The molecule has 2 rings (SSSR count). The summed E-state index contributed by atoms with van der Waals surface area (Å²) in [5.41, 5.74) is 7.68. The molecule has 0 spiro atoms. The summed E-state index contributed by atoms with van der Waals surface area (Å²) in [5, 5.41) is 12.9. The largest absolute Gasteiger partial charge is 0.387 e. The van der Waals surface area contributed by atoms with Crippen molar-refractivity contribution in [3.8, 4) is 0 Å². The lowest BCUT2D eigenvalue weighted by Gasteiger charge is -2.19. The van der Waals surface area contributed by atoms with Crippen LogP contribution in [0.2, 0.25) is 0 Å². The Balaban J connectivity index is 1.85. The number of benzene rings is 1. The van der Waals surface area contributed by atoms with Gasteiger partial charge in [-0.1, -0.05) is 36.2 Å². The molecule has 1 unspecified atom stereocenters. The summed E-state index contributed by atoms with van der Waals surface area (Å²) in [5.74, 6) is 0.348. The Hall–Kier alpha value is -1.39. The lowest BCUT2D eigenvalue weighted by molar-refractivity contribution is -0.126. The quantitative estimate of drug-likeness (QED) is 0.763. The minimum absolute atomic E-state index is 0.0187. The van der Waals surface area contributed by atoms with Crippen LogP contribution in [-0.2, 0) is 4.79 Å². The van der Waals surface area contributed by atoms with Gasteiger partial charge in [-0.05, 0) is 37.8 Å². The summed E-state index contributed by atoms with van der Waals surface area (Å²) in [4.78, 5) is 12.1. The van der Waals surface area contributed by atoms with Gasteiger partial charge >= 0.3 is 0 Å². The second kappa shape index (κ2) is 6.86. The van der Waals surface area contributed by atoms with Crippen LogP contribution in [0.15, 0.2) is 24.3 Å². The van der Waals surface area contributed by atoms with E-state index in [9.17, 15) is 9.90 Å². The standard InChI is InChI=1S/C16H24N2O2/c1-11-5-7-12(8-6-11)15(19)10-18-16(20)14-4-2-3-13(14)9-17/h5-8,13-15,19H,2-4,9-10,17H2,1H3,(H,18,20)/t13-,14-,15?/m1/s1. The highest BCUT2D eigenvalue weighted by Gasteiger charge is 2.31. The van der Waals surface area contributed by atoms with Crippen molar-refractivity contribution in [3.05, 3.63) is 35.4 Å². The smallest absolute Gasteiger partial charge is 0.223 e. The van der Waals surface area contributed by atoms with Crippen LogP contribution in [0.5, 0.6) is 0 Å². The normalized spacial score (nSPS) is 23.6. The van der Waals surface area contributed by atoms with E-state index in [1.807, 2.05) is 31.2 Å². The van der Waals surface area contributed by atoms with E-state index in [2.05, 4.69) is 5.32 Å². The molecule has 1 amide bonds. The van der Waals surface area contributed by atoms with E-state index in [1.54, 1.807) is 0 Å². The minimum atomic E-state index is -0.655. The Bertz CT molecular complexity index is 444. The van der Waals surface area contributed by atoms with Crippen molar-refractivity contribution in [2.45, 2.75) is 32.3 Å². The van der Waals surface area contributed by atoms with E-state index in [0.717, 1.165) is 30.4 Å². The highest BCUT2D eigenvalue weighted by Crippen LogP contribution is 2.31. The number of aliphatic hydroxyl groups excluding tert-OH is 1. The first-order valence-corrected chi connectivity index (χ1v) is 7.34. The van der Waals surface area contributed by atoms with Crippen LogP contribution in [-0.4, -0.2) is 24.1 Å². The molecule has 1 aromatic carbocycles. The Kier molecular flexibility index (Phi) is 5.15. The summed E-state index contributed by atoms with van der Waals surface area (Å²) < 4.78 is 0. The summed E-state index contributed by atoms with van der Waals surface area (Å²) in [6, 6.07) is 7.71. The highest BCUT2D eigenvalue weighted by atomic mass is 16.3. The van der Waals surface area contributed by atoms with Gasteiger partial charge in [0.05, 0.1) is 6.10 Å². The fourth-order valence-corrected chi connectivity index (χ4v) is 2.90. The predicted octanol–water partition coefficient (Wildman–Crippen LogP) is 1.52. The average Bonchev–Trinajstić information content (AvgIpc) is 2.93. The second-order valence-electron chi connectivity index (χ2n) is 5.70. The molecule has 3 atom stereocenters. The molecule has 4 heteroatoms. The summed E-state index contributed by atoms with van der Waals surface area (Å²) in [7, 11) is 0. The van der Waals surface area contributed by atoms with E-state index in [1.165, 1.54) is 0 Å². The number of carbonyl (C=O) groups is 1. The molecule has 4 nitrogen and oxygen atoms in total. The molecule has 110 valence electrons. The first-order valence-electron chi connectivity index (χ1n) is 7.34. The lowest BCUT2D eigenvalue weighted by Crippen LogP contribution is -2.37. The van der Waals surface area contributed by atoms with Gasteiger partial charge in [0.2, 0.25) is 5.91 Å². The Morgan fingerprint density at radius 3 is 2.75 bits per heavy atom. The van der Waals surface area contributed by atoms with Gasteiger partial charge in [0.25, 0.3) is 0 Å². The number of aryl methyl sites for hydroxylation is 1. The van der Waals surface area contributed by atoms with E-state index in [-0.39, 0.29) is 18.4 Å². The zero-order chi connectivity index (χ0) is 14.5. The van der Waals surface area contributed by atoms with Crippen molar-refractivity contribution >= 4 is 5.91 Å². The van der Waals surface area contributed by atoms with Crippen molar-refractivity contribution < 1.29 is 9.90 Å². The highest BCUT2D eigenvalue weighted by molar-refractivity contribution is 5.79. The SMILES string of the molecule is Cc1ccc(C(O)CNC(=O)[C@@H]2CCC[C@@H]2CN)cc1. The van der Waals surface area contributed by atoms with Gasteiger partial charge in [0.1, 0.15) is 0 Å². The maximum atomic E-state index is 12.1. The molecule has 1 aromatic rings. The first-order chi connectivity index (χ1) is 9.61. The Morgan fingerprint density at radius 1 is 1.40 bits per heavy atom. The number of nitrogens with one attached hydrogen (secondary N) is 1. The second-order valence-corrected chi connectivity index (χ2v) is 5.70. The number of hydrogen-bond acceptors (Lipinski definition) is 3. The van der Waals surface area contributed by atoms with Crippen molar-refractivity contribution in [3.63, 3.8) is 0 Å². The molecule has 0 aromatic heterocycles. The molecule has 0 heterocycles. The van der Waals surface area contributed by atoms with E-state index >= 15 is 0 Å². The summed E-state index contributed by atoms with van der Waals surface area (Å²) >= 11 is 0. The Labute approximate surface area is 120 Å². The molecule has 1 aliphatic rings. The molecule has 0 aliphatic heterocycles. The average molecular weight is 276 g/mol. The number of aliphatic hydroxyl groups is 1. The summed E-state index contributed by atoms with van der Waals surface area (Å²) in [6.45, 7) is 2.83. The summed E-state index contributed by atoms with van der Waals surface area (Å²) in [6.07, 6.45) is 2.36. The van der Waals surface area contributed by atoms with Crippen LogP contribution in [0.4, 0.5) is 0 Å². The fraction of sp³-hybridized carbons (Fsp3) is 0.562. The van der Waals surface area contributed by atoms with Crippen LogP contribution < -0.4 is 11.1 Å². The molecule has 1 fully saturated rings. The van der Waals surface area contributed by atoms with Crippen molar-refractivity contribution in [1.82, 2.24) is 5.32 Å². The third-order valence-corrected chi connectivity index (χ3v) is 4.23. The van der Waals surface area contributed by atoms with Gasteiger partial charge < -0.3 is 16.2 Å². The predicted molar refractivity (Wildman–Crippen MR) is 79.0 cm³/mol. The topological polar surface area (TPSA) is 75.3 Å². The van der Waals surface area contributed by atoms with Crippen molar-refractivity contribution in [2.24, 2.45) is 17.6 Å². The van der Waals surface area contributed by atoms with Crippen LogP contribution in [0, 0.1) is 18.8 Å². The van der Waals surface area contributed by atoms with Gasteiger partial charge in [-0.25, -0.2) is 0 Å². The first kappa shape index (κ1) is 15.0. The van der Waals surface area contributed by atoms with Gasteiger partial charge in [0, 0.05) is 12.5 Å². The van der Waals surface area contributed by atoms with E-state index in [4.69, 9.17) is 5.73 Å². The Morgan fingerprint density at radius 2 is 2.10 bits per heavy atom. The van der Waals surface area contributed by atoms with Gasteiger partial charge in [-0.3, -0.25) is 4.79 Å². The molecule has 0 radical (unpaired) electrons. The molecule has 1 saturated carbocycles. The molecule has 1 aliphatic carbocycles. The molecule has 4 N–H and O–H groups in total. The van der Waals surface area contributed by atoms with Crippen molar-refractivity contribution in [1.29, 1.82) is 0 Å². The van der Waals surface area contributed by atoms with Crippen LogP contribution >= 0.6 is 0 Å². The van der Waals surface area contributed by atoms with E-state index < -0.39 is 6.10 Å². The third kappa shape index (κ3) is 3.58. The minimum Gasteiger partial charge on any atom is -0.387 e.